The highest BCUT2D eigenvalue weighted by molar-refractivity contribution is 9.10. The van der Waals surface area contributed by atoms with Gasteiger partial charge in [-0.2, -0.15) is 0 Å². The minimum atomic E-state index is -0.276. The van der Waals surface area contributed by atoms with Crippen LogP contribution in [0, 0.1) is 0 Å². The van der Waals surface area contributed by atoms with Gasteiger partial charge < -0.3 is 10.6 Å². The van der Waals surface area contributed by atoms with Crippen LogP contribution in [0.25, 0.3) is 0 Å². The van der Waals surface area contributed by atoms with Crippen molar-refractivity contribution in [2.24, 2.45) is 0 Å². The fraction of sp³-hybridized carbons (Fsp3) is 0.143. The predicted octanol–water partition coefficient (Wildman–Crippen LogP) is 4.84. The SMILES string of the molecule is CCNc1cc(C(=O)Nc2ccc(Cl)cc2Br)cc(Cl)n1. The Bertz CT molecular complexity index is 679. The monoisotopic (exact) mass is 387 g/mol. The van der Waals surface area contributed by atoms with Gasteiger partial charge in [0, 0.05) is 21.6 Å². The van der Waals surface area contributed by atoms with Crippen LogP contribution in [0.2, 0.25) is 10.2 Å². The second kappa shape index (κ2) is 7.11. The van der Waals surface area contributed by atoms with Crippen molar-refractivity contribution in [2.75, 3.05) is 17.2 Å². The lowest BCUT2D eigenvalue weighted by atomic mass is 10.2. The summed E-state index contributed by atoms with van der Waals surface area (Å²) in [4.78, 5) is 16.4. The molecule has 0 fully saturated rings. The van der Waals surface area contributed by atoms with Gasteiger partial charge in [0.05, 0.1) is 5.69 Å². The summed E-state index contributed by atoms with van der Waals surface area (Å²) in [6.45, 7) is 2.63. The van der Waals surface area contributed by atoms with Gasteiger partial charge in [-0.05, 0) is 53.2 Å². The number of nitrogens with zero attached hydrogens (tertiary/aromatic N) is 1. The van der Waals surface area contributed by atoms with Crippen molar-refractivity contribution in [1.29, 1.82) is 0 Å². The van der Waals surface area contributed by atoms with Crippen molar-refractivity contribution in [3.8, 4) is 0 Å². The molecule has 0 aliphatic heterocycles. The van der Waals surface area contributed by atoms with Crippen molar-refractivity contribution in [1.82, 2.24) is 4.98 Å². The normalized spacial score (nSPS) is 10.3. The number of pyridine rings is 1. The van der Waals surface area contributed by atoms with Crippen LogP contribution in [-0.4, -0.2) is 17.4 Å². The molecule has 2 aromatic rings. The lowest BCUT2D eigenvalue weighted by Gasteiger charge is -2.09. The van der Waals surface area contributed by atoms with Gasteiger partial charge in [-0.3, -0.25) is 4.79 Å². The highest BCUT2D eigenvalue weighted by Crippen LogP contribution is 2.26. The molecule has 0 unspecified atom stereocenters. The van der Waals surface area contributed by atoms with Gasteiger partial charge in [0.25, 0.3) is 5.91 Å². The molecule has 2 N–H and O–H groups in total. The molecule has 0 atom stereocenters. The topological polar surface area (TPSA) is 54.0 Å². The van der Waals surface area contributed by atoms with Gasteiger partial charge >= 0.3 is 0 Å². The number of rotatable bonds is 4. The second-order valence-electron chi connectivity index (χ2n) is 4.17. The number of hydrogen-bond donors (Lipinski definition) is 2. The molecular weight excluding hydrogens is 377 g/mol. The fourth-order valence-electron chi connectivity index (χ4n) is 1.69. The fourth-order valence-corrected chi connectivity index (χ4v) is 2.68. The smallest absolute Gasteiger partial charge is 0.255 e. The third-order valence-electron chi connectivity index (χ3n) is 2.59. The Hall–Kier alpha value is -1.30. The molecule has 7 heteroatoms. The van der Waals surface area contributed by atoms with E-state index in [2.05, 4.69) is 31.5 Å². The Morgan fingerprint density at radius 3 is 2.71 bits per heavy atom. The maximum Gasteiger partial charge on any atom is 0.255 e. The Kier molecular flexibility index (Phi) is 5.45. The first-order valence-electron chi connectivity index (χ1n) is 6.17. The Balaban J connectivity index is 2.23. The Morgan fingerprint density at radius 2 is 2.05 bits per heavy atom. The lowest BCUT2D eigenvalue weighted by Crippen LogP contribution is -2.13. The summed E-state index contributed by atoms with van der Waals surface area (Å²) in [5.74, 6) is 0.284. The van der Waals surface area contributed by atoms with E-state index >= 15 is 0 Å². The van der Waals surface area contributed by atoms with E-state index in [1.807, 2.05) is 6.92 Å². The average Bonchev–Trinajstić information content (AvgIpc) is 2.41. The Morgan fingerprint density at radius 1 is 1.29 bits per heavy atom. The maximum absolute atomic E-state index is 12.3. The largest absolute Gasteiger partial charge is 0.370 e. The van der Waals surface area contributed by atoms with Gasteiger partial charge in [0.15, 0.2) is 0 Å². The van der Waals surface area contributed by atoms with Crippen molar-refractivity contribution in [2.45, 2.75) is 6.92 Å². The molecule has 2 rings (SSSR count). The molecule has 0 aliphatic carbocycles. The zero-order chi connectivity index (χ0) is 15.4. The van der Waals surface area contributed by atoms with E-state index in [-0.39, 0.29) is 11.1 Å². The number of anilines is 2. The molecular formula is C14H12BrCl2N3O. The first kappa shape index (κ1) is 16.1. The molecule has 0 aliphatic rings. The number of halogens is 3. The molecule has 0 saturated carbocycles. The molecule has 0 radical (unpaired) electrons. The third-order valence-corrected chi connectivity index (χ3v) is 3.68. The summed E-state index contributed by atoms with van der Waals surface area (Å²) in [6.07, 6.45) is 0. The molecule has 1 aromatic heterocycles. The first-order chi connectivity index (χ1) is 9.99. The van der Waals surface area contributed by atoms with Crippen LogP contribution in [0.3, 0.4) is 0 Å². The van der Waals surface area contributed by atoms with Crippen LogP contribution in [0.5, 0.6) is 0 Å². The van der Waals surface area contributed by atoms with Crippen molar-refractivity contribution in [3.05, 3.63) is 50.5 Å². The third kappa shape index (κ3) is 4.33. The number of carbonyl (C=O) groups excluding carboxylic acids is 1. The molecule has 0 saturated heterocycles. The number of carbonyl (C=O) groups is 1. The van der Waals surface area contributed by atoms with Crippen LogP contribution < -0.4 is 10.6 Å². The summed E-state index contributed by atoms with van der Waals surface area (Å²) in [7, 11) is 0. The molecule has 21 heavy (non-hydrogen) atoms. The second-order valence-corrected chi connectivity index (χ2v) is 5.85. The summed E-state index contributed by atoms with van der Waals surface area (Å²) in [5.41, 5.74) is 1.05. The van der Waals surface area contributed by atoms with Crippen LogP contribution in [-0.2, 0) is 0 Å². The van der Waals surface area contributed by atoms with E-state index in [1.165, 1.54) is 6.07 Å². The Labute approximate surface area is 141 Å². The van der Waals surface area contributed by atoms with Gasteiger partial charge in [0.1, 0.15) is 11.0 Å². The van der Waals surface area contributed by atoms with E-state index in [0.29, 0.717) is 33.1 Å². The number of aromatic nitrogens is 1. The van der Waals surface area contributed by atoms with Gasteiger partial charge in [-0.15, -0.1) is 0 Å². The lowest BCUT2D eigenvalue weighted by molar-refractivity contribution is 0.102. The molecule has 1 amide bonds. The molecule has 1 heterocycles. The van der Waals surface area contributed by atoms with Crippen LogP contribution in [0.4, 0.5) is 11.5 Å². The minimum absolute atomic E-state index is 0.258. The number of hydrogen-bond acceptors (Lipinski definition) is 3. The van der Waals surface area contributed by atoms with Crippen LogP contribution >= 0.6 is 39.1 Å². The highest BCUT2D eigenvalue weighted by Gasteiger charge is 2.11. The zero-order valence-electron chi connectivity index (χ0n) is 11.1. The molecule has 0 bridgehead atoms. The van der Waals surface area contributed by atoms with Gasteiger partial charge in [0.2, 0.25) is 0 Å². The quantitative estimate of drug-likeness (QED) is 0.737. The molecule has 110 valence electrons. The van der Waals surface area contributed by atoms with Crippen LogP contribution in [0.1, 0.15) is 17.3 Å². The summed E-state index contributed by atoms with van der Waals surface area (Å²) in [6, 6.07) is 8.29. The molecule has 0 spiro atoms. The van der Waals surface area contributed by atoms with E-state index in [1.54, 1.807) is 24.3 Å². The summed E-state index contributed by atoms with van der Waals surface area (Å²) >= 11 is 15.1. The van der Waals surface area contributed by atoms with Crippen LogP contribution in [0.15, 0.2) is 34.8 Å². The van der Waals surface area contributed by atoms with Crippen molar-refractivity contribution >= 4 is 56.5 Å². The predicted molar refractivity (Wildman–Crippen MR) is 90.5 cm³/mol. The minimum Gasteiger partial charge on any atom is -0.370 e. The van der Waals surface area contributed by atoms with Crippen molar-refractivity contribution in [3.63, 3.8) is 0 Å². The molecule has 1 aromatic carbocycles. The maximum atomic E-state index is 12.3. The van der Waals surface area contributed by atoms with E-state index in [4.69, 9.17) is 23.2 Å². The highest BCUT2D eigenvalue weighted by atomic mass is 79.9. The van der Waals surface area contributed by atoms with E-state index in [9.17, 15) is 4.79 Å². The first-order valence-corrected chi connectivity index (χ1v) is 7.72. The summed E-state index contributed by atoms with van der Waals surface area (Å²) in [5, 5.41) is 6.66. The number of nitrogens with one attached hydrogen (secondary N) is 2. The van der Waals surface area contributed by atoms with E-state index < -0.39 is 0 Å². The van der Waals surface area contributed by atoms with Gasteiger partial charge in [-0.1, -0.05) is 23.2 Å². The van der Waals surface area contributed by atoms with Crippen molar-refractivity contribution < 1.29 is 4.79 Å². The standard InChI is InChI=1S/C14H12BrCl2N3O/c1-2-18-13-6-8(5-12(17)20-13)14(21)19-11-4-3-9(16)7-10(11)15/h3-7H,2H2,1H3,(H,18,20)(H,19,21). The average molecular weight is 389 g/mol. The molecule has 4 nitrogen and oxygen atoms in total. The number of benzene rings is 1. The summed E-state index contributed by atoms with van der Waals surface area (Å²) < 4.78 is 0.704. The zero-order valence-corrected chi connectivity index (χ0v) is 14.2. The van der Waals surface area contributed by atoms with Gasteiger partial charge in [-0.25, -0.2) is 4.98 Å². The number of amides is 1. The van der Waals surface area contributed by atoms with E-state index in [0.717, 1.165) is 0 Å².